The molecule has 15 rings (SSSR count). The van der Waals surface area contributed by atoms with Crippen LogP contribution in [0.15, 0.2) is 0 Å². The molecule has 0 heterocycles. The number of esters is 8. The van der Waals surface area contributed by atoms with Crippen LogP contribution in [0.1, 0.15) is 408 Å². The van der Waals surface area contributed by atoms with Gasteiger partial charge in [-0.2, -0.15) is 0 Å². The zero-order chi connectivity index (χ0) is 76.0. The zero-order valence-corrected chi connectivity index (χ0v) is 68.2. The molecule has 0 amide bonds. The highest BCUT2D eigenvalue weighted by atomic mass is 16.6. The number of carbonyl (C=O) groups is 8. The summed E-state index contributed by atoms with van der Waals surface area (Å²) in [6.45, 7) is 32.0. The molecular weight excluding hydrogens is 1420 g/mol. The second kappa shape index (κ2) is 41.2. The van der Waals surface area contributed by atoms with Gasteiger partial charge in [0, 0.05) is 23.7 Å². The van der Waals surface area contributed by atoms with Gasteiger partial charge in [-0.3, -0.25) is 38.4 Å². The van der Waals surface area contributed by atoms with Gasteiger partial charge in [0.2, 0.25) is 0 Å². The van der Waals surface area contributed by atoms with Crippen molar-refractivity contribution in [2.24, 2.45) is 116 Å². The number of hydrogen-bond acceptors (Lipinski definition) is 16. The maximum atomic E-state index is 13.5. The Bertz CT molecular complexity index is 3040. The minimum Gasteiger partial charge on any atom is -0.462 e. The number of carbonyl (C=O) groups excluding carboxylic acids is 8. The van der Waals surface area contributed by atoms with Crippen LogP contribution in [0.5, 0.6) is 0 Å². The Morgan fingerprint density at radius 2 is 0.522 bits per heavy atom. The number of ether oxygens (including phenoxy) is 8. The largest absolute Gasteiger partial charge is 0.462 e. The minimum absolute atomic E-state index is 0. The molecule has 0 saturated heterocycles. The zero-order valence-electron chi connectivity index (χ0n) is 68.2. The van der Waals surface area contributed by atoms with Crippen LogP contribution in [0.2, 0.25) is 0 Å². The van der Waals surface area contributed by atoms with Crippen molar-refractivity contribution in [1.82, 2.24) is 0 Å². The Kier molecular flexibility index (Phi) is 37.5. The highest BCUT2D eigenvalue weighted by Gasteiger charge is 2.62. The first-order valence-electron chi connectivity index (χ1n) is 43.3. The van der Waals surface area contributed by atoms with Crippen molar-refractivity contribution in [1.29, 1.82) is 0 Å². The van der Waals surface area contributed by atoms with Gasteiger partial charge in [-0.1, -0.05) is 114 Å². The summed E-state index contributed by atoms with van der Waals surface area (Å²) >= 11 is 0. The van der Waals surface area contributed by atoms with Crippen molar-refractivity contribution in [2.45, 2.75) is 455 Å². The molecule has 15 aliphatic rings. The van der Waals surface area contributed by atoms with E-state index in [1.807, 2.05) is 83.1 Å². The van der Waals surface area contributed by atoms with Crippen molar-refractivity contribution in [2.75, 3.05) is 0 Å². The molecule has 0 spiro atoms. The lowest BCUT2D eigenvalue weighted by atomic mass is 9.49. The molecule has 0 aromatic heterocycles. The lowest BCUT2D eigenvalue weighted by molar-refractivity contribution is -0.217. The maximum Gasteiger partial charge on any atom is 0.311 e. The lowest BCUT2D eigenvalue weighted by Crippen LogP contribution is -2.60. The molecule has 658 valence electrons. The number of hydrogen-bond donors (Lipinski definition) is 0. The average molecular weight is 1600 g/mol. The van der Waals surface area contributed by atoms with Crippen LogP contribution in [0, 0.1) is 116 Å². The molecule has 16 heteroatoms. The Morgan fingerprint density at radius 3 is 0.770 bits per heavy atom. The third kappa shape index (κ3) is 22.6. The van der Waals surface area contributed by atoms with Gasteiger partial charge < -0.3 is 37.9 Å². The van der Waals surface area contributed by atoms with Crippen LogP contribution in [0.4, 0.5) is 0 Å². The van der Waals surface area contributed by atoms with Gasteiger partial charge in [0.05, 0.1) is 45.3 Å². The summed E-state index contributed by atoms with van der Waals surface area (Å²) in [6.07, 6.45) is 37.6. The summed E-state index contributed by atoms with van der Waals surface area (Å²) in [7, 11) is 0. The summed E-state index contributed by atoms with van der Waals surface area (Å²) in [5.74, 6) is 4.61. The normalized spacial score (nSPS) is 34.7. The van der Waals surface area contributed by atoms with E-state index in [0.717, 1.165) is 204 Å². The van der Waals surface area contributed by atoms with Crippen LogP contribution in [0.25, 0.3) is 0 Å². The number of fused-ring (bicyclic) bond motifs is 8. The Hall–Kier alpha value is -4.24. The van der Waals surface area contributed by atoms with Gasteiger partial charge in [-0.15, -0.1) is 0 Å². The highest BCUT2D eigenvalue weighted by molar-refractivity contribution is 5.80. The molecule has 0 aromatic carbocycles. The fraction of sp³-hybridized carbons (Fsp3) is 0.918. The van der Waals surface area contributed by atoms with Gasteiger partial charge >= 0.3 is 47.8 Å². The first-order chi connectivity index (χ1) is 49.5. The van der Waals surface area contributed by atoms with E-state index in [2.05, 4.69) is 27.7 Å². The molecule has 15 saturated carbocycles. The molecule has 16 atom stereocenters. The van der Waals surface area contributed by atoms with Crippen molar-refractivity contribution in [3.8, 4) is 0 Å². The summed E-state index contributed by atoms with van der Waals surface area (Å²) in [4.78, 5) is 102. The van der Waals surface area contributed by atoms with E-state index in [1.165, 1.54) is 44.9 Å². The van der Waals surface area contributed by atoms with Gasteiger partial charge in [0.1, 0.15) is 46.8 Å². The molecule has 16 nitrogen and oxygen atoms in total. The Labute approximate surface area is 691 Å². The van der Waals surface area contributed by atoms with Gasteiger partial charge in [0.25, 0.3) is 0 Å². The van der Waals surface area contributed by atoms with Gasteiger partial charge in [0.15, 0.2) is 0 Å². The third-order valence-electron chi connectivity index (χ3n) is 31.4. The van der Waals surface area contributed by atoms with E-state index >= 15 is 0 Å². The maximum absolute atomic E-state index is 13.5. The summed E-state index contributed by atoms with van der Waals surface area (Å²) in [5, 5.41) is 0. The summed E-state index contributed by atoms with van der Waals surface area (Å²) < 4.78 is 48.1. The van der Waals surface area contributed by atoms with Crippen LogP contribution < -0.4 is 0 Å². The summed E-state index contributed by atoms with van der Waals surface area (Å²) in [6, 6.07) is 0. The van der Waals surface area contributed by atoms with E-state index in [-0.39, 0.29) is 201 Å². The van der Waals surface area contributed by atoms with Crippen LogP contribution in [0.3, 0.4) is 0 Å². The molecule has 12 bridgehead atoms. The molecule has 113 heavy (non-hydrogen) atoms. The summed E-state index contributed by atoms with van der Waals surface area (Å²) in [5.41, 5.74) is -2.82. The fourth-order valence-electron chi connectivity index (χ4n) is 22.9. The topological polar surface area (TPSA) is 210 Å². The monoisotopic (exact) mass is 1600 g/mol. The second-order valence-electron chi connectivity index (χ2n) is 40.2. The van der Waals surface area contributed by atoms with E-state index in [0.29, 0.717) is 35.5 Å². The number of rotatable bonds is 22. The van der Waals surface area contributed by atoms with Gasteiger partial charge in [-0.25, -0.2) is 0 Å². The minimum atomic E-state index is -0.454. The predicted octanol–water partition coefficient (Wildman–Crippen LogP) is 24.6. The molecule has 0 radical (unpaired) electrons. The molecule has 0 aromatic rings. The average Bonchev–Trinajstić information content (AvgIpc) is 1.70. The van der Waals surface area contributed by atoms with Crippen LogP contribution in [-0.2, 0) is 76.3 Å². The molecule has 16 unspecified atom stereocenters. The first-order valence-corrected chi connectivity index (χ1v) is 43.3. The van der Waals surface area contributed by atoms with Crippen molar-refractivity contribution in [3.05, 3.63) is 0 Å². The van der Waals surface area contributed by atoms with E-state index in [9.17, 15) is 38.4 Å². The first kappa shape index (κ1) is 103. The SMILES string of the molecule is C.C.C.C.C.C.C.C.CCC(C)(C)C(=O)OC1CC2CC(C(=O)OC3(C)CCCC3)C1C2.CCC(C)(C)C(=O)OC1CC2CC(C(=O)OC3(C)CCCCC3)C1C2.CCC(C)(C)C(=O)OC1CC2CC(C(=O)OC3(CC)C4CC5CC(C4)CC3C5)C1C2.CCC1(OC(=O)C2CC3CC(OC(=O)C(C)(C)CC)C2C3)CCCCC1. The van der Waals surface area contributed by atoms with E-state index in [4.69, 9.17) is 37.9 Å². The van der Waals surface area contributed by atoms with Crippen molar-refractivity contribution >= 4 is 47.8 Å². The third-order valence-corrected chi connectivity index (χ3v) is 31.4. The fourth-order valence-corrected chi connectivity index (χ4v) is 22.9. The smallest absolute Gasteiger partial charge is 0.311 e. The quantitative estimate of drug-likeness (QED) is 0.0729. The lowest BCUT2D eigenvalue weighted by Gasteiger charge is -2.60. The van der Waals surface area contributed by atoms with Gasteiger partial charge in [-0.05, 0) is 341 Å². The van der Waals surface area contributed by atoms with Crippen LogP contribution in [-0.4, -0.2) is 94.6 Å². The molecule has 15 aliphatic carbocycles. The van der Waals surface area contributed by atoms with Crippen LogP contribution >= 0.6 is 0 Å². The van der Waals surface area contributed by atoms with Crippen molar-refractivity contribution < 1.29 is 76.3 Å². The Balaban J connectivity index is 0.000000382. The molecule has 0 aliphatic heterocycles. The molecular formula is C97H174O16. The van der Waals surface area contributed by atoms with Crippen molar-refractivity contribution in [3.63, 3.8) is 0 Å². The second-order valence-corrected chi connectivity index (χ2v) is 40.2. The molecule has 0 N–H and O–H groups in total. The van der Waals surface area contributed by atoms with E-state index in [1.54, 1.807) is 0 Å². The highest BCUT2D eigenvalue weighted by Crippen LogP contribution is 2.62. The van der Waals surface area contributed by atoms with E-state index < -0.39 is 21.7 Å². The molecule has 15 fully saturated rings. The Morgan fingerprint density at radius 1 is 0.283 bits per heavy atom. The predicted molar refractivity (Wildman–Crippen MR) is 456 cm³/mol. The standard InChI is InChI=1S/C26H40O4.C22H36O4.C21H34O4.C20H32O4.8CH4/c1-5-25(3,4)24(28)29-22-14-17-12-20(22)21(13-17)23(27)30-26(6-2)18-8-15-7-16(10-18)11-19(26)9-15;1-5-21(3,4)20(24)25-18-14-15-12-16(18)17(13-15)19(23)26-22(6-2)10-8-7-9-11-22;1-5-20(2,3)19(23)24-17-13-14-11-15(17)16(12-14)18(22)25-21(4)9-7-6-8-10-21;1-5-19(2,3)18(22)23-16-12-13-10-14(16)15(11-13)17(21)24-20(4)8-6-7-9-20;;;;;;;;/h15-22H,5-14H2,1-4H3;15-18H,5-14H2,1-4H3;14-17H,5-13H2,1-4H3;13-16H,5-12H2,1-4H3;8*1H4.